The Morgan fingerprint density at radius 1 is 1.19 bits per heavy atom. The van der Waals surface area contributed by atoms with Gasteiger partial charge in [0.15, 0.2) is 0 Å². The van der Waals surface area contributed by atoms with E-state index >= 15 is 0 Å². The molecule has 10 heteroatoms. The number of nitrogens with one attached hydrogen (secondary N) is 1. The second-order valence-electron chi connectivity index (χ2n) is 8.80. The van der Waals surface area contributed by atoms with Crippen LogP contribution in [0.4, 0.5) is 4.79 Å². The van der Waals surface area contributed by atoms with Gasteiger partial charge in [0.25, 0.3) is 5.91 Å². The zero-order chi connectivity index (χ0) is 21.8. The summed E-state index contributed by atoms with van der Waals surface area (Å²) >= 11 is 6.03. The lowest BCUT2D eigenvalue weighted by molar-refractivity contribution is -0.140. The normalized spacial score (nSPS) is 24.8. The number of halogens is 1. The molecule has 0 aromatic carbocycles. The number of urea groups is 1. The molecule has 3 fully saturated rings. The number of hydrogen-bond donors (Lipinski definition) is 1. The zero-order valence-corrected chi connectivity index (χ0v) is 18.1. The number of imide groups is 1. The number of nitrogens with zero attached hydrogens (tertiary/aromatic N) is 5. The number of pyridine rings is 1. The monoisotopic (exact) mass is 444 g/mol. The van der Waals surface area contributed by atoms with Crippen LogP contribution in [-0.4, -0.2) is 80.2 Å². The lowest BCUT2D eigenvalue weighted by atomic mass is 9.96. The summed E-state index contributed by atoms with van der Waals surface area (Å²) in [6, 6.07) is 3.24. The first-order chi connectivity index (χ1) is 14.8. The van der Waals surface area contributed by atoms with E-state index in [2.05, 4.69) is 15.2 Å². The van der Waals surface area contributed by atoms with Crippen LogP contribution in [0.3, 0.4) is 0 Å². The number of carbonyl (C=O) groups excluding carboxylic acids is 3. The molecule has 4 heterocycles. The Balaban J connectivity index is 1.15. The average molecular weight is 445 g/mol. The summed E-state index contributed by atoms with van der Waals surface area (Å²) in [4.78, 5) is 47.5. The van der Waals surface area contributed by atoms with Crippen molar-refractivity contribution in [1.29, 1.82) is 0 Å². The van der Waals surface area contributed by atoms with Gasteiger partial charge in [-0.25, -0.2) is 9.78 Å². The minimum Gasteiger partial charge on any atom is -0.339 e. The summed E-state index contributed by atoms with van der Waals surface area (Å²) < 4.78 is 1.91. The highest BCUT2D eigenvalue weighted by molar-refractivity contribution is 6.30. The van der Waals surface area contributed by atoms with Gasteiger partial charge in [-0.3, -0.25) is 19.4 Å². The molecule has 1 N–H and O–H groups in total. The number of amides is 4. The van der Waals surface area contributed by atoms with Crippen LogP contribution < -0.4 is 5.32 Å². The summed E-state index contributed by atoms with van der Waals surface area (Å²) in [5.74, 6) is -0.285. The van der Waals surface area contributed by atoms with Gasteiger partial charge in [0.2, 0.25) is 5.91 Å². The van der Waals surface area contributed by atoms with E-state index in [-0.39, 0.29) is 24.3 Å². The summed E-state index contributed by atoms with van der Waals surface area (Å²) in [5, 5.41) is 3.45. The van der Waals surface area contributed by atoms with Gasteiger partial charge in [-0.1, -0.05) is 11.6 Å². The molecule has 2 aromatic heterocycles. The summed E-state index contributed by atoms with van der Waals surface area (Å²) in [6.45, 7) is 4.79. The van der Waals surface area contributed by atoms with Crippen LogP contribution in [0.25, 0.3) is 5.65 Å². The Bertz CT molecular complexity index is 1060. The molecule has 4 amide bonds. The van der Waals surface area contributed by atoms with Crippen LogP contribution in [0, 0.1) is 5.92 Å². The second-order valence-corrected chi connectivity index (χ2v) is 9.24. The average Bonchev–Trinajstić information content (AvgIpc) is 3.49. The molecule has 2 saturated heterocycles. The molecular formula is C21H25ClN6O3. The zero-order valence-electron chi connectivity index (χ0n) is 17.4. The van der Waals surface area contributed by atoms with Crippen LogP contribution in [-0.2, 0) is 16.1 Å². The van der Waals surface area contributed by atoms with Gasteiger partial charge in [0.05, 0.1) is 10.7 Å². The fourth-order valence-electron chi connectivity index (χ4n) is 4.51. The number of fused-ring (bicyclic) bond motifs is 1. The highest BCUT2D eigenvalue weighted by atomic mass is 35.5. The number of hydrogen-bond acceptors (Lipinski definition) is 5. The lowest BCUT2D eigenvalue weighted by Crippen LogP contribution is -2.52. The minimum atomic E-state index is -0.853. The fraction of sp³-hybridized carbons (Fsp3) is 0.524. The molecule has 9 nitrogen and oxygen atoms in total. The van der Waals surface area contributed by atoms with Gasteiger partial charge in [0.1, 0.15) is 17.7 Å². The molecule has 3 aliphatic rings. The van der Waals surface area contributed by atoms with Crippen molar-refractivity contribution in [3.8, 4) is 0 Å². The van der Waals surface area contributed by atoms with Gasteiger partial charge in [-0.2, -0.15) is 0 Å². The number of rotatable bonds is 5. The maximum atomic E-state index is 12.8. The van der Waals surface area contributed by atoms with E-state index in [1.165, 1.54) is 0 Å². The minimum absolute atomic E-state index is 0.184. The Kier molecular flexibility index (Phi) is 4.90. The van der Waals surface area contributed by atoms with Crippen LogP contribution >= 0.6 is 11.6 Å². The molecule has 164 valence electrons. The first-order valence-corrected chi connectivity index (χ1v) is 11.0. The maximum Gasteiger partial charge on any atom is 0.325 e. The number of imidazole rings is 1. The van der Waals surface area contributed by atoms with Crippen LogP contribution in [0.5, 0.6) is 0 Å². The fourth-order valence-corrected chi connectivity index (χ4v) is 4.68. The van der Waals surface area contributed by atoms with Crippen molar-refractivity contribution in [1.82, 2.24) is 29.4 Å². The first-order valence-electron chi connectivity index (χ1n) is 10.6. The number of aromatic nitrogens is 2. The van der Waals surface area contributed by atoms with Crippen LogP contribution in [0.15, 0.2) is 24.5 Å². The molecule has 31 heavy (non-hydrogen) atoms. The molecule has 1 saturated carbocycles. The van der Waals surface area contributed by atoms with Crippen molar-refractivity contribution in [2.24, 2.45) is 5.92 Å². The van der Waals surface area contributed by atoms with Gasteiger partial charge >= 0.3 is 6.03 Å². The van der Waals surface area contributed by atoms with E-state index < -0.39 is 11.6 Å². The Morgan fingerprint density at radius 2 is 1.94 bits per heavy atom. The van der Waals surface area contributed by atoms with Crippen molar-refractivity contribution in [2.75, 3.05) is 32.7 Å². The van der Waals surface area contributed by atoms with Gasteiger partial charge in [0, 0.05) is 45.1 Å². The highest BCUT2D eigenvalue weighted by Gasteiger charge is 2.56. The predicted molar refractivity (Wildman–Crippen MR) is 113 cm³/mol. The number of carbonyl (C=O) groups is 3. The molecular weight excluding hydrogens is 420 g/mol. The Morgan fingerprint density at radius 3 is 2.65 bits per heavy atom. The molecule has 2 aromatic rings. The smallest absolute Gasteiger partial charge is 0.325 e. The quantitative estimate of drug-likeness (QED) is 0.703. The third-order valence-electron chi connectivity index (χ3n) is 6.56. The predicted octanol–water partition coefficient (Wildman–Crippen LogP) is 1.35. The van der Waals surface area contributed by atoms with E-state index in [0.29, 0.717) is 37.7 Å². The van der Waals surface area contributed by atoms with E-state index in [1.807, 2.05) is 28.9 Å². The molecule has 0 spiro atoms. The maximum absolute atomic E-state index is 12.8. The first kappa shape index (κ1) is 20.3. The topological polar surface area (TPSA) is 90.3 Å². The molecule has 1 aliphatic carbocycles. The molecule has 1 atom stereocenters. The van der Waals surface area contributed by atoms with Crippen LogP contribution in [0.2, 0.25) is 5.02 Å². The number of piperazine rings is 1. The largest absolute Gasteiger partial charge is 0.339 e. The SMILES string of the molecule is CC1(C2CC2)NC(=O)N(CC(=O)N2CCN(Cc3cn4cc(Cl)ccc4n3)CC2)C1=O. The van der Waals surface area contributed by atoms with E-state index in [4.69, 9.17) is 11.6 Å². The van der Waals surface area contributed by atoms with Gasteiger partial charge < -0.3 is 14.6 Å². The van der Waals surface area contributed by atoms with Crippen molar-refractivity contribution in [3.63, 3.8) is 0 Å². The van der Waals surface area contributed by atoms with Crippen molar-refractivity contribution < 1.29 is 14.4 Å². The van der Waals surface area contributed by atoms with E-state index in [1.54, 1.807) is 11.8 Å². The summed E-state index contributed by atoms with van der Waals surface area (Å²) in [7, 11) is 0. The molecule has 2 aliphatic heterocycles. The Hall–Kier alpha value is -2.65. The molecule has 1 unspecified atom stereocenters. The second kappa shape index (κ2) is 7.49. The summed E-state index contributed by atoms with van der Waals surface area (Å²) in [6.07, 6.45) is 5.67. The third-order valence-corrected chi connectivity index (χ3v) is 6.79. The standard InChI is InChI=1S/C21H25ClN6O3/c1-21(14-2-3-14)19(30)28(20(31)24-21)13-18(29)26-8-6-25(7-9-26)11-16-12-27-10-15(22)4-5-17(27)23-16/h4-5,10,12,14H,2-3,6-9,11,13H2,1H3,(H,24,31). The van der Waals surface area contributed by atoms with Gasteiger partial charge in [-0.15, -0.1) is 0 Å². The molecule has 5 rings (SSSR count). The molecule has 0 bridgehead atoms. The Labute approximate surface area is 184 Å². The third kappa shape index (κ3) is 3.76. The molecule has 0 radical (unpaired) electrons. The van der Waals surface area contributed by atoms with E-state index in [9.17, 15) is 14.4 Å². The van der Waals surface area contributed by atoms with Crippen molar-refractivity contribution >= 4 is 35.1 Å². The van der Waals surface area contributed by atoms with E-state index in [0.717, 1.165) is 29.1 Å². The van der Waals surface area contributed by atoms with Gasteiger partial charge in [-0.05, 0) is 37.8 Å². The highest BCUT2D eigenvalue weighted by Crippen LogP contribution is 2.42. The summed E-state index contributed by atoms with van der Waals surface area (Å²) in [5.41, 5.74) is 0.940. The van der Waals surface area contributed by atoms with Crippen molar-refractivity contribution in [2.45, 2.75) is 31.8 Å². The van der Waals surface area contributed by atoms with Crippen LogP contribution in [0.1, 0.15) is 25.5 Å². The lowest BCUT2D eigenvalue weighted by Gasteiger charge is -2.35. The van der Waals surface area contributed by atoms with Crippen molar-refractivity contribution in [3.05, 3.63) is 35.2 Å².